The lowest BCUT2D eigenvalue weighted by Crippen LogP contribution is -2.44. The van der Waals surface area contributed by atoms with Crippen LogP contribution < -0.4 is 0 Å². The number of carbonyl (C=O) groups excluding carboxylic acids is 1. The van der Waals surface area contributed by atoms with Gasteiger partial charge in [-0.05, 0) is 42.7 Å². The molecule has 0 radical (unpaired) electrons. The molecule has 6 nitrogen and oxygen atoms in total. The quantitative estimate of drug-likeness (QED) is 0.468. The molecule has 0 fully saturated rings. The first kappa shape index (κ1) is 26.9. The minimum atomic E-state index is -4.67. The Morgan fingerprint density at radius 1 is 1.15 bits per heavy atom. The lowest BCUT2D eigenvalue weighted by molar-refractivity contribution is -0.137. The first-order chi connectivity index (χ1) is 15.4. The van der Waals surface area contributed by atoms with Gasteiger partial charge in [0.2, 0.25) is 15.9 Å². The molecule has 0 aliphatic carbocycles. The van der Waals surface area contributed by atoms with Gasteiger partial charge in [-0.15, -0.1) is 0 Å². The number of rotatable bonds is 11. The molecule has 2 aromatic rings. The number of aromatic nitrogens is 1. The van der Waals surface area contributed by atoms with Crippen molar-refractivity contribution in [3.8, 4) is 0 Å². The van der Waals surface area contributed by atoms with E-state index < -0.39 is 39.1 Å². The molecule has 0 aliphatic rings. The van der Waals surface area contributed by atoms with E-state index in [-0.39, 0.29) is 12.5 Å². The molecular formula is C23H32F3N3O3S. The fraction of sp³-hybridized carbons (Fsp3) is 0.522. The number of amides is 1. The number of unbranched alkanes of at least 4 members (excludes halogenated alkanes) is 1. The summed E-state index contributed by atoms with van der Waals surface area (Å²) in [6.45, 7) is 6.13. The smallest absolute Gasteiger partial charge is 0.353 e. The van der Waals surface area contributed by atoms with Crippen molar-refractivity contribution in [2.75, 3.05) is 19.6 Å². The topological polar surface area (TPSA) is 62.6 Å². The van der Waals surface area contributed by atoms with Gasteiger partial charge >= 0.3 is 6.18 Å². The molecule has 0 bridgehead atoms. The zero-order valence-electron chi connectivity index (χ0n) is 19.5. The predicted octanol–water partition coefficient (Wildman–Crippen LogP) is 4.52. The first-order valence-electron chi connectivity index (χ1n) is 10.9. The van der Waals surface area contributed by atoms with Gasteiger partial charge in [-0.25, -0.2) is 8.42 Å². The molecule has 0 N–H and O–H groups in total. The monoisotopic (exact) mass is 487 g/mol. The van der Waals surface area contributed by atoms with E-state index >= 15 is 0 Å². The van der Waals surface area contributed by atoms with Crippen molar-refractivity contribution in [1.82, 2.24) is 13.8 Å². The molecule has 1 aromatic heterocycles. The summed E-state index contributed by atoms with van der Waals surface area (Å²) in [6.07, 6.45) is -1.66. The number of aryl methyl sites for hydroxylation is 1. The second kappa shape index (κ2) is 11.2. The van der Waals surface area contributed by atoms with E-state index in [1.165, 1.54) is 0 Å². The van der Waals surface area contributed by atoms with Crippen molar-refractivity contribution in [2.45, 2.75) is 51.2 Å². The molecule has 33 heavy (non-hydrogen) atoms. The average Bonchev–Trinajstić information content (AvgIpc) is 3.13. The van der Waals surface area contributed by atoms with Crippen LogP contribution in [0.25, 0.3) is 0 Å². The van der Waals surface area contributed by atoms with Gasteiger partial charge in [0.05, 0.1) is 23.5 Å². The Kier molecular flexibility index (Phi) is 9.13. The third-order valence-corrected chi connectivity index (χ3v) is 7.06. The normalized spacial score (nSPS) is 12.5. The number of benzene rings is 1. The van der Waals surface area contributed by atoms with Crippen LogP contribution in [0.1, 0.15) is 44.9 Å². The Balaban J connectivity index is 2.34. The molecule has 0 saturated heterocycles. The SMILES string of the molecule is CCCCN(CC(=O)N(Cc1cccn1C)CC(C)C)S(=O)(=O)c1cccc(C(F)(F)F)c1. The van der Waals surface area contributed by atoms with Crippen molar-refractivity contribution in [3.63, 3.8) is 0 Å². The van der Waals surface area contributed by atoms with Gasteiger partial charge in [0, 0.05) is 32.0 Å². The number of hydrogen-bond acceptors (Lipinski definition) is 3. The zero-order valence-corrected chi connectivity index (χ0v) is 20.3. The highest BCUT2D eigenvalue weighted by molar-refractivity contribution is 7.89. The number of carbonyl (C=O) groups is 1. The maximum absolute atomic E-state index is 13.3. The van der Waals surface area contributed by atoms with Gasteiger partial charge in [-0.3, -0.25) is 4.79 Å². The molecule has 0 saturated carbocycles. The lowest BCUT2D eigenvalue weighted by atomic mass is 10.2. The van der Waals surface area contributed by atoms with Crippen LogP contribution in [0.4, 0.5) is 13.2 Å². The Hall–Kier alpha value is -2.33. The molecule has 184 valence electrons. The van der Waals surface area contributed by atoms with Gasteiger partial charge in [0.1, 0.15) is 0 Å². The van der Waals surface area contributed by atoms with Crippen LogP contribution in [0.15, 0.2) is 47.5 Å². The summed E-state index contributed by atoms with van der Waals surface area (Å²) in [5.41, 5.74) is -0.152. The highest BCUT2D eigenvalue weighted by Crippen LogP contribution is 2.31. The molecule has 2 rings (SSSR count). The van der Waals surface area contributed by atoms with Gasteiger partial charge in [-0.2, -0.15) is 17.5 Å². The fourth-order valence-electron chi connectivity index (χ4n) is 3.40. The summed E-state index contributed by atoms with van der Waals surface area (Å²) in [5.74, 6) is -0.241. The second-order valence-corrected chi connectivity index (χ2v) is 10.4. The van der Waals surface area contributed by atoms with Gasteiger partial charge < -0.3 is 9.47 Å². The third-order valence-electron chi connectivity index (χ3n) is 5.21. The number of sulfonamides is 1. The van der Waals surface area contributed by atoms with Crippen LogP contribution in [-0.2, 0) is 34.6 Å². The molecule has 0 unspecified atom stereocenters. The standard InChI is InChI=1S/C23H32F3N3O3S/c1-5-6-13-29(33(31,32)21-11-7-9-19(14-21)23(24,25)26)17-22(30)28(15-18(2)3)16-20-10-8-12-27(20)4/h7-12,14,18H,5-6,13,15-17H2,1-4H3. The minimum Gasteiger partial charge on any atom is -0.353 e. The molecule has 1 heterocycles. The van der Waals surface area contributed by atoms with E-state index in [0.29, 0.717) is 32.0 Å². The summed E-state index contributed by atoms with van der Waals surface area (Å²) in [5, 5.41) is 0. The Morgan fingerprint density at radius 2 is 1.85 bits per heavy atom. The van der Waals surface area contributed by atoms with Crippen LogP contribution in [0, 0.1) is 5.92 Å². The van der Waals surface area contributed by atoms with E-state index in [0.717, 1.165) is 28.2 Å². The third kappa shape index (κ3) is 7.33. The summed E-state index contributed by atoms with van der Waals surface area (Å²) >= 11 is 0. The van der Waals surface area contributed by atoms with Crippen LogP contribution in [0.3, 0.4) is 0 Å². The summed E-state index contributed by atoms with van der Waals surface area (Å²) < 4.78 is 68.8. The van der Waals surface area contributed by atoms with Gasteiger partial charge in [0.25, 0.3) is 0 Å². The van der Waals surface area contributed by atoms with E-state index in [1.54, 1.807) is 4.90 Å². The van der Waals surface area contributed by atoms with Crippen LogP contribution in [0.2, 0.25) is 0 Å². The van der Waals surface area contributed by atoms with Crippen LogP contribution in [0.5, 0.6) is 0 Å². The van der Waals surface area contributed by atoms with Crippen LogP contribution in [-0.4, -0.2) is 47.7 Å². The van der Waals surface area contributed by atoms with Gasteiger partial charge in [0.15, 0.2) is 0 Å². The highest BCUT2D eigenvalue weighted by atomic mass is 32.2. The molecule has 0 atom stereocenters. The maximum Gasteiger partial charge on any atom is 0.416 e. The van der Waals surface area contributed by atoms with E-state index in [4.69, 9.17) is 0 Å². The van der Waals surface area contributed by atoms with Gasteiger partial charge in [-0.1, -0.05) is 33.3 Å². The summed E-state index contributed by atoms with van der Waals surface area (Å²) in [6, 6.07) is 7.38. The summed E-state index contributed by atoms with van der Waals surface area (Å²) in [4.78, 5) is 14.3. The van der Waals surface area contributed by atoms with Crippen molar-refractivity contribution >= 4 is 15.9 Å². The lowest BCUT2D eigenvalue weighted by Gasteiger charge is -2.28. The van der Waals surface area contributed by atoms with Crippen LogP contribution >= 0.6 is 0 Å². The molecular weight excluding hydrogens is 455 g/mol. The number of halogens is 3. The van der Waals surface area contributed by atoms with E-state index in [9.17, 15) is 26.4 Å². The van der Waals surface area contributed by atoms with E-state index in [1.807, 2.05) is 50.7 Å². The number of nitrogens with zero attached hydrogens (tertiary/aromatic N) is 3. The predicted molar refractivity (Wildman–Crippen MR) is 121 cm³/mol. The van der Waals surface area contributed by atoms with E-state index in [2.05, 4.69) is 0 Å². The average molecular weight is 488 g/mol. The Bertz CT molecular complexity index is 1030. The molecule has 1 amide bonds. The minimum absolute atomic E-state index is 0.0422. The molecule has 1 aromatic carbocycles. The summed E-state index contributed by atoms with van der Waals surface area (Å²) in [7, 11) is -2.44. The number of hydrogen-bond donors (Lipinski definition) is 0. The Morgan fingerprint density at radius 3 is 2.39 bits per heavy atom. The number of alkyl halides is 3. The van der Waals surface area contributed by atoms with Crippen molar-refractivity contribution in [1.29, 1.82) is 0 Å². The van der Waals surface area contributed by atoms with Crippen molar-refractivity contribution < 1.29 is 26.4 Å². The maximum atomic E-state index is 13.3. The first-order valence-corrected chi connectivity index (χ1v) is 12.4. The van der Waals surface area contributed by atoms with Crippen molar-refractivity contribution in [2.24, 2.45) is 13.0 Å². The Labute approximate surface area is 194 Å². The zero-order chi connectivity index (χ0) is 24.8. The highest BCUT2D eigenvalue weighted by Gasteiger charge is 2.34. The van der Waals surface area contributed by atoms with Crippen molar-refractivity contribution in [3.05, 3.63) is 53.9 Å². The largest absolute Gasteiger partial charge is 0.416 e. The molecule has 0 aliphatic heterocycles. The fourth-order valence-corrected chi connectivity index (χ4v) is 4.88. The molecule has 10 heteroatoms. The second-order valence-electron chi connectivity index (χ2n) is 8.50. The molecule has 0 spiro atoms.